The van der Waals surface area contributed by atoms with E-state index in [0.717, 1.165) is 25.2 Å². The number of hydrogen-bond donors (Lipinski definition) is 1. The van der Waals surface area contributed by atoms with Gasteiger partial charge in [0.1, 0.15) is 0 Å². The molecule has 1 N–H and O–H groups in total. The van der Waals surface area contributed by atoms with Gasteiger partial charge in [0.15, 0.2) is 0 Å². The van der Waals surface area contributed by atoms with Gasteiger partial charge in [0.05, 0.1) is 42.3 Å². The molecule has 2 unspecified atom stereocenters. The fraction of sp³-hybridized carbons (Fsp3) is 0.591. The molecule has 0 saturated heterocycles. The molecule has 7 heteroatoms. The van der Waals surface area contributed by atoms with E-state index in [9.17, 15) is 5.11 Å². The summed E-state index contributed by atoms with van der Waals surface area (Å²) in [5.41, 5.74) is 3.30. The molecule has 0 amide bonds. The van der Waals surface area contributed by atoms with Crippen molar-refractivity contribution in [3.63, 3.8) is 0 Å². The lowest BCUT2D eigenvalue weighted by molar-refractivity contribution is -0.0422. The van der Waals surface area contributed by atoms with Crippen molar-refractivity contribution in [2.45, 2.75) is 45.9 Å². The van der Waals surface area contributed by atoms with Crippen molar-refractivity contribution in [1.29, 1.82) is 0 Å². The molecule has 1 aliphatic rings. The number of aliphatic hydroxyl groups is 1. The molecule has 3 rings (SSSR count). The van der Waals surface area contributed by atoms with Gasteiger partial charge in [-0.1, -0.05) is 37.6 Å². The number of fused-ring (bicyclic) bond motifs is 1. The van der Waals surface area contributed by atoms with Gasteiger partial charge < -0.3 is 14.6 Å². The minimum atomic E-state index is -0.551. The average Bonchev–Trinajstić information content (AvgIpc) is 2.95. The van der Waals surface area contributed by atoms with E-state index in [1.54, 1.807) is 7.11 Å². The Morgan fingerprint density at radius 3 is 2.76 bits per heavy atom. The van der Waals surface area contributed by atoms with E-state index in [1.165, 1.54) is 11.3 Å². The molecular weight excluding hydrogens is 390 g/mol. The largest absolute Gasteiger partial charge is 0.389 e. The van der Waals surface area contributed by atoms with Crippen LogP contribution in [-0.2, 0) is 22.4 Å². The predicted molar refractivity (Wildman–Crippen MR) is 115 cm³/mol. The molecule has 0 radical (unpaired) electrons. The van der Waals surface area contributed by atoms with Gasteiger partial charge >= 0.3 is 0 Å². The molecule has 2 atom stereocenters. The molecule has 0 spiro atoms. The number of aromatic nitrogens is 2. The van der Waals surface area contributed by atoms with Crippen LogP contribution in [-0.4, -0.2) is 65.4 Å². The second-order valence-electron chi connectivity index (χ2n) is 8.74. The molecule has 6 nitrogen and oxygen atoms in total. The first-order valence-electron chi connectivity index (χ1n) is 10.1. The number of benzene rings is 1. The summed E-state index contributed by atoms with van der Waals surface area (Å²) < 4.78 is 12.7. The number of para-hydroxylation sites is 1. The second-order valence-corrected chi connectivity index (χ2v) is 9.15. The molecular formula is C22H32ClN3O3. The maximum atomic E-state index is 10.5. The van der Waals surface area contributed by atoms with Gasteiger partial charge in [-0.2, -0.15) is 5.10 Å². The quantitative estimate of drug-likeness (QED) is 0.708. The lowest BCUT2D eigenvalue weighted by Crippen LogP contribution is -2.40. The summed E-state index contributed by atoms with van der Waals surface area (Å²) in [4.78, 5) is 2.29. The number of rotatable bonds is 8. The van der Waals surface area contributed by atoms with Gasteiger partial charge in [-0.3, -0.25) is 4.90 Å². The first-order chi connectivity index (χ1) is 13.8. The van der Waals surface area contributed by atoms with E-state index in [4.69, 9.17) is 21.1 Å². The number of ether oxygens (including phenoxy) is 2. The Hall–Kier alpha value is -1.44. The summed E-state index contributed by atoms with van der Waals surface area (Å²) in [7, 11) is 1.65. The standard InChI is InChI=1S/C22H32ClN3O3/c1-16(13-28-4)29-14-18(27)12-25-11-17-10-24-26(20-8-6-5-7-19(20)23)21(17)9-22(2,3)15-25/h5-8,10,16,18,27H,9,11-15H2,1-4H3. The van der Waals surface area contributed by atoms with Crippen LogP contribution in [0.5, 0.6) is 0 Å². The summed E-state index contributed by atoms with van der Waals surface area (Å²) in [5.74, 6) is 0. The van der Waals surface area contributed by atoms with E-state index >= 15 is 0 Å². The van der Waals surface area contributed by atoms with Gasteiger partial charge in [-0.05, 0) is 30.9 Å². The predicted octanol–water partition coefficient (Wildman–Crippen LogP) is 3.32. The third-order valence-corrected chi connectivity index (χ3v) is 5.49. The average molecular weight is 422 g/mol. The van der Waals surface area contributed by atoms with Crippen LogP contribution in [0.1, 0.15) is 32.0 Å². The molecule has 0 saturated carbocycles. The SMILES string of the molecule is COCC(C)OCC(O)CN1Cc2cnn(-c3ccccc3Cl)c2CC(C)(C)C1. The minimum absolute atomic E-state index is 0.0318. The van der Waals surface area contributed by atoms with Crippen molar-refractivity contribution in [3.8, 4) is 5.69 Å². The smallest absolute Gasteiger partial charge is 0.0900 e. The first kappa shape index (κ1) is 22.2. The molecule has 2 heterocycles. The van der Waals surface area contributed by atoms with Crippen LogP contribution < -0.4 is 0 Å². The number of aliphatic hydroxyl groups excluding tert-OH is 1. The van der Waals surface area contributed by atoms with Crippen LogP contribution in [0, 0.1) is 5.41 Å². The highest BCUT2D eigenvalue weighted by atomic mass is 35.5. The maximum Gasteiger partial charge on any atom is 0.0900 e. The van der Waals surface area contributed by atoms with Gasteiger partial charge in [0.2, 0.25) is 0 Å². The summed E-state index contributed by atoms with van der Waals surface area (Å²) >= 11 is 6.42. The van der Waals surface area contributed by atoms with Crippen LogP contribution in [0.25, 0.3) is 5.69 Å². The highest BCUT2D eigenvalue weighted by Gasteiger charge is 2.31. The van der Waals surface area contributed by atoms with E-state index in [0.29, 0.717) is 24.8 Å². The number of halogens is 1. The summed E-state index contributed by atoms with van der Waals surface area (Å²) in [6.07, 6.45) is 2.24. The van der Waals surface area contributed by atoms with Crippen molar-refractivity contribution in [1.82, 2.24) is 14.7 Å². The minimum Gasteiger partial charge on any atom is -0.389 e. The zero-order chi connectivity index (χ0) is 21.0. The summed E-state index contributed by atoms with van der Waals surface area (Å²) in [6.45, 7) is 9.45. The maximum absolute atomic E-state index is 10.5. The Labute approximate surface area is 178 Å². The van der Waals surface area contributed by atoms with Crippen molar-refractivity contribution >= 4 is 11.6 Å². The number of methoxy groups -OCH3 is 1. The third-order valence-electron chi connectivity index (χ3n) is 5.17. The molecule has 0 aliphatic carbocycles. The number of nitrogens with zero attached hydrogens (tertiary/aromatic N) is 3. The van der Waals surface area contributed by atoms with Crippen LogP contribution >= 0.6 is 11.6 Å². The van der Waals surface area contributed by atoms with Crippen molar-refractivity contribution in [3.05, 3.63) is 46.7 Å². The van der Waals surface area contributed by atoms with Crippen molar-refractivity contribution in [2.75, 3.05) is 33.4 Å². The highest BCUT2D eigenvalue weighted by molar-refractivity contribution is 6.32. The lowest BCUT2D eigenvalue weighted by atomic mass is 9.87. The van der Waals surface area contributed by atoms with Crippen molar-refractivity contribution in [2.24, 2.45) is 5.41 Å². The van der Waals surface area contributed by atoms with Gasteiger partial charge in [0.25, 0.3) is 0 Å². The first-order valence-corrected chi connectivity index (χ1v) is 10.5. The molecule has 1 aliphatic heterocycles. The molecule has 29 heavy (non-hydrogen) atoms. The third kappa shape index (κ3) is 5.80. The van der Waals surface area contributed by atoms with Gasteiger partial charge in [-0.25, -0.2) is 4.68 Å². The van der Waals surface area contributed by atoms with Crippen LogP contribution in [0.3, 0.4) is 0 Å². The molecule has 1 aromatic carbocycles. The highest BCUT2D eigenvalue weighted by Crippen LogP contribution is 2.32. The van der Waals surface area contributed by atoms with Crippen LogP contribution in [0.4, 0.5) is 0 Å². The van der Waals surface area contributed by atoms with E-state index in [1.807, 2.05) is 42.1 Å². The molecule has 2 aromatic rings. The molecule has 0 bridgehead atoms. The zero-order valence-electron chi connectivity index (χ0n) is 17.8. The number of hydrogen-bond acceptors (Lipinski definition) is 5. The Morgan fingerprint density at radius 2 is 2.03 bits per heavy atom. The van der Waals surface area contributed by atoms with Gasteiger partial charge in [0, 0.05) is 38.0 Å². The van der Waals surface area contributed by atoms with Crippen LogP contribution in [0.15, 0.2) is 30.5 Å². The fourth-order valence-corrected chi connectivity index (χ4v) is 4.22. The molecule has 1 aromatic heterocycles. The summed E-state index contributed by atoms with van der Waals surface area (Å²) in [6, 6.07) is 7.79. The van der Waals surface area contributed by atoms with E-state index in [-0.39, 0.29) is 11.5 Å². The van der Waals surface area contributed by atoms with Crippen molar-refractivity contribution < 1.29 is 14.6 Å². The summed E-state index contributed by atoms with van der Waals surface area (Å²) in [5, 5.41) is 15.8. The monoisotopic (exact) mass is 421 g/mol. The van der Waals surface area contributed by atoms with E-state index in [2.05, 4.69) is 23.8 Å². The zero-order valence-corrected chi connectivity index (χ0v) is 18.5. The fourth-order valence-electron chi connectivity index (χ4n) is 4.01. The number of β-amino-alcohol motifs (C(OH)–C–C–N with tert-alkyl or cyclic N) is 1. The Bertz CT molecular complexity index is 808. The Balaban J connectivity index is 1.74. The van der Waals surface area contributed by atoms with Crippen LogP contribution in [0.2, 0.25) is 5.02 Å². The van der Waals surface area contributed by atoms with Gasteiger partial charge in [-0.15, -0.1) is 0 Å². The normalized spacial score (nSPS) is 18.8. The lowest BCUT2D eigenvalue weighted by Gasteiger charge is -2.31. The second kappa shape index (κ2) is 9.58. The molecule has 0 fully saturated rings. The molecule has 160 valence electrons. The van der Waals surface area contributed by atoms with E-state index < -0.39 is 6.10 Å². The Kier molecular flexibility index (Phi) is 7.35. The topological polar surface area (TPSA) is 59.8 Å². The Morgan fingerprint density at radius 1 is 1.28 bits per heavy atom.